The molecule has 5 nitrogen and oxygen atoms in total. The Morgan fingerprint density at radius 2 is 2.00 bits per heavy atom. The molecule has 3 aromatic rings. The summed E-state index contributed by atoms with van der Waals surface area (Å²) in [4.78, 5) is 29.4. The first-order valence-corrected chi connectivity index (χ1v) is 9.07. The smallest absolute Gasteiger partial charge is 0.273 e. The van der Waals surface area contributed by atoms with Crippen molar-refractivity contribution in [1.29, 1.82) is 0 Å². The highest BCUT2D eigenvalue weighted by Gasteiger charge is 2.13. The molecule has 0 saturated heterocycles. The van der Waals surface area contributed by atoms with Crippen LogP contribution in [0.15, 0.2) is 66.0 Å². The Labute approximate surface area is 162 Å². The van der Waals surface area contributed by atoms with Crippen molar-refractivity contribution < 1.29 is 4.79 Å². The number of fused-ring (bicyclic) bond motifs is 1. The number of hydrogen-bond acceptors (Lipinski definition) is 3. The average molecular weight is 382 g/mol. The molecule has 1 heterocycles. The number of hydrogen-bond donors (Lipinski definition) is 1. The third kappa shape index (κ3) is 4.63. The molecular formula is C21H20ClN3O2. The highest BCUT2D eigenvalue weighted by molar-refractivity contribution is 6.31. The molecule has 0 spiro atoms. The number of rotatable bonds is 7. The molecule has 1 amide bonds. The number of aromatic nitrogens is 2. The van der Waals surface area contributed by atoms with Crippen molar-refractivity contribution in [3.63, 3.8) is 0 Å². The van der Waals surface area contributed by atoms with Crippen LogP contribution in [0.2, 0.25) is 5.02 Å². The van der Waals surface area contributed by atoms with Gasteiger partial charge in [0.15, 0.2) is 0 Å². The van der Waals surface area contributed by atoms with Crippen LogP contribution in [0.1, 0.15) is 17.7 Å². The molecule has 0 atom stereocenters. The van der Waals surface area contributed by atoms with E-state index < -0.39 is 0 Å². The molecule has 0 fully saturated rings. The Morgan fingerprint density at radius 1 is 1.22 bits per heavy atom. The topological polar surface area (TPSA) is 64.0 Å². The predicted octanol–water partition coefficient (Wildman–Crippen LogP) is 3.33. The lowest BCUT2D eigenvalue weighted by Crippen LogP contribution is -2.28. The van der Waals surface area contributed by atoms with Crippen molar-refractivity contribution >= 4 is 28.5 Å². The predicted molar refractivity (Wildman–Crippen MR) is 108 cm³/mol. The van der Waals surface area contributed by atoms with Gasteiger partial charge in [0.05, 0.1) is 17.6 Å². The van der Waals surface area contributed by atoms with Crippen molar-refractivity contribution in [3.05, 3.63) is 87.8 Å². The number of nitrogens with one attached hydrogen (secondary N) is 1. The summed E-state index contributed by atoms with van der Waals surface area (Å²) in [5.74, 6) is -0.142. The van der Waals surface area contributed by atoms with E-state index in [1.165, 1.54) is 0 Å². The molecule has 138 valence electrons. The Morgan fingerprint density at radius 3 is 2.74 bits per heavy atom. The molecule has 2 aromatic carbocycles. The summed E-state index contributed by atoms with van der Waals surface area (Å²) < 4.78 is 1.69. The lowest BCUT2D eigenvalue weighted by atomic mass is 10.2. The van der Waals surface area contributed by atoms with Crippen molar-refractivity contribution in [3.8, 4) is 0 Å². The maximum Gasteiger partial charge on any atom is 0.273 e. The number of halogens is 1. The minimum absolute atomic E-state index is 0.142. The van der Waals surface area contributed by atoms with Gasteiger partial charge in [-0.2, -0.15) is 0 Å². The Bertz CT molecular complexity index is 1030. The molecule has 0 radical (unpaired) electrons. The minimum atomic E-state index is -0.190. The lowest BCUT2D eigenvalue weighted by molar-refractivity contribution is -0.120. The molecule has 0 unspecified atom stereocenters. The van der Waals surface area contributed by atoms with E-state index in [0.29, 0.717) is 34.8 Å². The van der Waals surface area contributed by atoms with Gasteiger partial charge in [0.2, 0.25) is 5.91 Å². The highest BCUT2D eigenvalue weighted by atomic mass is 35.5. The monoisotopic (exact) mass is 381 g/mol. The molecule has 27 heavy (non-hydrogen) atoms. The molecule has 6 heteroatoms. The zero-order valence-electron chi connectivity index (χ0n) is 14.8. The summed E-state index contributed by atoms with van der Waals surface area (Å²) in [7, 11) is 0. The van der Waals surface area contributed by atoms with E-state index in [1.54, 1.807) is 28.8 Å². The summed E-state index contributed by atoms with van der Waals surface area (Å²) in [6, 6.07) is 15.0. The van der Waals surface area contributed by atoms with E-state index in [9.17, 15) is 9.59 Å². The minimum Gasteiger partial charge on any atom is -0.353 e. The van der Waals surface area contributed by atoms with Crippen LogP contribution in [0, 0.1) is 0 Å². The third-order valence-electron chi connectivity index (χ3n) is 4.19. The van der Waals surface area contributed by atoms with Gasteiger partial charge in [-0.15, -0.1) is 6.58 Å². The second kappa shape index (κ2) is 8.64. The molecule has 0 bridgehead atoms. The first-order valence-electron chi connectivity index (χ1n) is 8.69. The van der Waals surface area contributed by atoms with Gasteiger partial charge in [0.25, 0.3) is 5.56 Å². The summed E-state index contributed by atoms with van der Waals surface area (Å²) in [6.07, 6.45) is 2.06. The fraction of sp³-hybridized carbons (Fsp3) is 0.190. The quantitative estimate of drug-likeness (QED) is 0.638. The number of amides is 1. The maximum atomic E-state index is 13.0. The third-order valence-corrected chi connectivity index (χ3v) is 4.43. The standard InChI is InChI=1S/C21H20ClN3O2/c1-2-12-23-20(26)11-9-17-21(27)25(14-15-6-4-3-5-7-15)19-10-8-16(22)13-18(19)24-17/h2-8,10,13H,1,9,11-12,14H2,(H,23,26). The molecular weight excluding hydrogens is 362 g/mol. The fourth-order valence-corrected chi connectivity index (χ4v) is 3.03. The second-order valence-corrected chi connectivity index (χ2v) is 6.60. The summed E-state index contributed by atoms with van der Waals surface area (Å²) >= 11 is 6.11. The number of benzene rings is 2. The number of carbonyl (C=O) groups excluding carboxylic acids is 1. The fourth-order valence-electron chi connectivity index (χ4n) is 2.86. The van der Waals surface area contributed by atoms with E-state index in [-0.39, 0.29) is 24.3 Å². The molecule has 0 saturated carbocycles. The SMILES string of the molecule is C=CCNC(=O)CCc1nc2cc(Cl)ccc2n(Cc2ccccc2)c1=O. The number of aryl methyl sites for hydroxylation is 1. The van der Waals surface area contributed by atoms with Crippen molar-refractivity contribution in [2.75, 3.05) is 6.54 Å². The van der Waals surface area contributed by atoms with Crippen molar-refractivity contribution in [2.45, 2.75) is 19.4 Å². The van der Waals surface area contributed by atoms with E-state index >= 15 is 0 Å². The first-order chi connectivity index (χ1) is 13.1. The van der Waals surface area contributed by atoms with Gasteiger partial charge in [-0.1, -0.05) is 48.0 Å². The summed E-state index contributed by atoms with van der Waals surface area (Å²) in [5, 5.41) is 3.26. The van der Waals surface area contributed by atoms with Gasteiger partial charge in [0.1, 0.15) is 5.69 Å². The molecule has 0 aliphatic carbocycles. The Hall–Kier alpha value is -2.92. The van der Waals surface area contributed by atoms with Crippen LogP contribution in [0.5, 0.6) is 0 Å². The van der Waals surface area contributed by atoms with E-state index in [4.69, 9.17) is 11.6 Å². The zero-order chi connectivity index (χ0) is 19.2. The van der Waals surface area contributed by atoms with Crippen LogP contribution in [0.25, 0.3) is 11.0 Å². The first kappa shape index (κ1) is 18.9. The lowest BCUT2D eigenvalue weighted by Gasteiger charge is -2.13. The zero-order valence-corrected chi connectivity index (χ0v) is 15.6. The molecule has 3 rings (SSSR count). The van der Waals surface area contributed by atoms with Crippen LogP contribution in [0.4, 0.5) is 0 Å². The van der Waals surface area contributed by atoms with Gasteiger partial charge in [-0.25, -0.2) is 4.98 Å². The van der Waals surface area contributed by atoms with Gasteiger partial charge >= 0.3 is 0 Å². The maximum absolute atomic E-state index is 13.0. The van der Waals surface area contributed by atoms with Gasteiger partial charge in [0, 0.05) is 24.4 Å². The van der Waals surface area contributed by atoms with Gasteiger partial charge in [-0.3, -0.25) is 9.59 Å². The van der Waals surface area contributed by atoms with E-state index in [0.717, 1.165) is 5.56 Å². The molecule has 0 aliphatic rings. The van der Waals surface area contributed by atoms with Crippen LogP contribution in [0.3, 0.4) is 0 Å². The van der Waals surface area contributed by atoms with Crippen molar-refractivity contribution in [2.24, 2.45) is 0 Å². The second-order valence-electron chi connectivity index (χ2n) is 6.16. The van der Waals surface area contributed by atoms with Crippen LogP contribution >= 0.6 is 11.6 Å². The largest absolute Gasteiger partial charge is 0.353 e. The van der Waals surface area contributed by atoms with E-state index in [2.05, 4.69) is 16.9 Å². The average Bonchev–Trinajstić information content (AvgIpc) is 2.68. The van der Waals surface area contributed by atoms with Gasteiger partial charge in [-0.05, 0) is 23.8 Å². The summed E-state index contributed by atoms with van der Waals surface area (Å²) in [5.41, 5.74) is 2.53. The Balaban J connectivity index is 1.99. The molecule has 1 N–H and O–H groups in total. The molecule has 0 aliphatic heterocycles. The Kier molecular flexibility index (Phi) is 6.04. The van der Waals surface area contributed by atoms with E-state index in [1.807, 2.05) is 30.3 Å². The molecule has 1 aromatic heterocycles. The highest BCUT2D eigenvalue weighted by Crippen LogP contribution is 2.18. The van der Waals surface area contributed by atoms with Crippen LogP contribution < -0.4 is 10.9 Å². The van der Waals surface area contributed by atoms with Crippen molar-refractivity contribution in [1.82, 2.24) is 14.9 Å². The normalized spacial score (nSPS) is 10.7. The van der Waals surface area contributed by atoms with Crippen LogP contribution in [-0.2, 0) is 17.8 Å². The van der Waals surface area contributed by atoms with Crippen LogP contribution in [-0.4, -0.2) is 22.0 Å². The number of carbonyl (C=O) groups is 1. The van der Waals surface area contributed by atoms with Gasteiger partial charge < -0.3 is 9.88 Å². The summed E-state index contributed by atoms with van der Waals surface area (Å²) in [6.45, 7) is 4.39. The number of nitrogens with zero attached hydrogens (tertiary/aromatic N) is 2.